The third-order valence-electron chi connectivity index (χ3n) is 7.18. The number of rotatable bonds is 13. The van der Waals surface area contributed by atoms with Crippen molar-refractivity contribution in [1.82, 2.24) is 0 Å². The predicted octanol–water partition coefficient (Wildman–Crippen LogP) is 9.56. The average molecular weight is 463 g/mol. The number of ketones is 1. The molecule has 0 radical (unpaired) electrons. The van der Waals surface area contributed by atoms with Gasteiger partial charge in [-0.25, -0.2) is 0 Å². The van der Waals surface area contributed by atoms with Gasteiger partial charge in [0, 0.05) is 11.1 Å². The molecule has 0 heterocycles. The van der Waals surface area contributed by atoms with Gasteiger partial charge in [0.1, 0.15) is 5.75 Å². The van der Waals surface area contributed by atoms with Crippen molar-refractivity contribution in [3.63, 3.8) is 0 Å². The molecule has 0 amide bonds. The molecule has 3 unspecified atom stereocenters. The highest BCUT2D eigenvalue weighted by atomic mass is 16.3. The number of phenols is 1. The van der Waals surface area contributed by atoms with Crippen LogP contribution in [0.25, 0.3) is 6.08 Å². The van der Waals surface area contributed by atoms with E-state index in [1.54, 1.807) is 12.1 Å². The second kappa shape index (κ2) is 13.5. The highest BCUT2D eigenvalue weighted by Gasteiger charge is 2.24. The summed E-state index contributed by atoms with van der Waals surface area (Å²) >= 11 is 0. The molecule has 0 fully saturated rings. The molecule has 1 N–H and O–H groups in total. The van der Waals surface area contributed by atoms with E-state index in [0.29, 0.717) is 11.7 Å². The zero-order chi connectivity index (χ0) is 25.3. The van der Waals surface area contributed by atoms with E-state index in [4.69, 9.17) is 0 Å². The number of phenolic OH excluding ortho intramolecular Hbond substituents is 1. The van der Waals surface area contributed by atoms with Gasteiger partial charge in [0.2, 0.25) is 0 Å². The second-order valence-corrected chi connectivity index (χ2v) is 10.0. The van der Waals surface area contributed by atoms with E-state index in [2.05, 4.69) is 66.7 Å². The third kappa shape index (κ3) is 6.84. The summed E-state index contributed by atoms with van der Waals surface area (Å²) in [4.78, 5) is 13.6. The number of hydrogen-bond acceptors (Lipinski definition) is 2. The van der Waals surface area contributed by atoms with Crippen LogP contribution in [0.1, 0.15) is 143 Å². The predicted molar refractivity (Wildman–Crippen MR) is 147 cm³/mol. The summed E-state index contributed by atoms with van der Waals surface area (Å²) in [5.74, 6) is 1.26. The van der Waals surface area contributed by atoms with Gasteiger partial charge in [0.05, 0.1) is 0 Å². The molecule has 3 atom stereocenters. The molecule has 2 nitrogen and oxygen atoms in total. The van der Waals surface area contributed by atoms with Gasteiger partial charge in [0.25, 0.3) is 0 Å². The lowest BCUT2D eigenvalue weighted by Crippen LogP contribution is -2.11. The fraction of sp³-hybridized carbons (Fsp3) is 0.531. The zero-order valence-electron chi connectivity index (χ0n) is 22.6. The van der Waals surface area contributed by atoms with Gasteiger partial charge < -0.3 is 5.11 Å². The van der Waals surface area contributed by atoms with Crippen LogP contribution >= 0.6 is 0 Å². The van der Waals surface area contributed by atoms with E-state index in [-0.39, 0.29) is 17.6 Å². The summed E-state index contributed by atoms with van der Waals surface area (Å²) < 4.78 is 0. The van der Waals surface area contributed by atoms with E-state index in [1.165, 1.54) is 11.1 Å². The van der Waals surface area contributed by atoms with E-state index in [9.17, 15) is 9.90 Å². The van der Waals surface area contributed by atoms with Crippen molar-refractivity contribution in [3.8, 4) is 5.75 Å². The number of aromatic hydroxyl groups is 1. The molecule has 0 saturated heterocycles. The van der Waals surface area contributed by atoms with Crippen LogP contribution in [0.3, 0.4) is 0 Å². The number of carbonyl (C=O) groups is 1. The average Bonchev–Trinajstić information content (AvgIpc) is 2.82. The van der Waals surface area contributed by atoms with Crippen LogP contribution in [-0.4, -0.2) is 10.9 Å². The monoisotopic (exact) mass is 462 g/mol. The fourth-order valence-electron chi connectivity index (χ4n) is 5.32. The molecule has 0 aliphatic rings. The molecule has 0 bridgehead atoms. The molecule has 0 spiro atoms. The molecular weight excluding hydrogens is 416 g/mol. The topological polar surface area (TPSA) is 37.3 Å². The molecule has 0 aliphatic heterocycles. The standard InChI is InChI=1S/C32H46O2/c1-8-12-22(5)27-17-15-25(11-4)21-26(27)16-19-29(33)28-18-20-30(34)32(24(7)14-10-3)31(28)23(6)13-9-2/h15-24,34H,8-14H2,1-7H3/b19-16+. The molecule has 34 heavy (non-hydrogen) atoms. The molecule has 0 aliphatic carbocycles. The van der Waals surface area contributed by atoms with Crippen LogP contribution in [0.15, 0.2) is 36.4 Å². The van der Waals surface area contributed by atoms with Gasteiger partial charge in [-0.3, -0.25) is 4.79 Å². The minimum atomic E-state index is 0.0268. The lowest BCUT2D eigenvalue weighted by Gasteiger charge is -2.24. The first-order valence-corrected chi connectivity index (χ1v) is 13.5. The van der Waals surface area contributed by atoms with Gasteiger partial charge in [-0.1, -0.05) is 92.0 Å². The number of aryl methyl sites for hydroxylation is 1. The summed E-state index contributed by atoms with van der Waals surface area (Å²) in [5, 5.41) is 10.8. The van der Waals surface area contributed by atoms with Crippen molar-refractivity contribution in [2.45, 2.75) is 111 Å². The third-order valence-corrected chi connectivity index (χ3v) is 7.18. The number of carbonyl (C=O) groups excluding carboxylic acids is 1. The highest BCUT2D eigenvalue weighted by molar-refractivity contribution is 6.08. The Kier molecular flexibility index (Phi) is 11.1. The molecule has 2 aromatic carbocycles. The molecule has 2 heteroatoms. The molecule has 0 saturated carbocycles. The summed E-state index contributed by atoms with van der Waals surface area (Å²) in [7, 11) is 0. The van der Waals surface area contributed by atoms with Gasteiger partial charge >= 0.3 is 0 Å². The van der Waals surface area contributed by atoms with Gasteiger partial charge in [0.15, 0.2) is 5.78 Å². The van der Waals surface area contributed by atoms with Crippen LogP contribution in [0.2, 0.25) is 0 Å². The molecule has 0 aromatic heterocycles. The fourth-order valence-corrected chi connectivity index (χ4v) is 5.32. The summed E-state index contributed by atoms with van der Waals surface area (Å²) in [6.45, 7) is 15.4. The lowest BCUT2D eigenvalue weighted by molar-refractivity contribution is 0.104. The van der Waals surface area contributed by atoms with Crippen LogP contribution in [-0.2, 0) is 6.42 Å². The Bertz CT molecular complexity index is 969. The van der Waals surface area contributed by atoms with Crippen molar-refractivity contribution in [2.75, 3.05) is 0 Å². The van der Waals surface area contributed by atoms with E-state index < -0.39 is 0 Å². The Morgan fingerprint density at radius 2 is 1.41 bits per heavy atom. The number of benzene rings is 2. The van der Waals surface area contributed by atoms with Gasteiger partial charge in [-0.15, -0.1) is 0 Å². The maximum Gasteiger partial charge on any atom is 0.186 e. The second-order valence-electron chi connectivity index (χ2n) is 10.0. The van der Waals surface area contributed by atoms with Crippen molar-refractivity contribution in [2.24, 2.45) is 0 Å². The summed E-state index contributed by atoms with van der Waals surface area (Å²) in [6, 6.07) is 10.2. The quantitative estimate of drug-likeness (QED) is 0.238. The number of allylic oxidation sites excluding steroid dienone is 1. The molecule has 186 valence electrons. The van der Waals surface area contributed by atoms with Gasteiger partial charge in [-0.2, -0.15) is 0 Å². The van der Waals surface area contributed by atoms with Crippen molar-refractivity contribution in [3.05, 3.63) is 69.8 Å². The van der Waals surface area contributed by atoms with Crippen molar-refractivity contribution < 1.29 is 9.90 Å². The molecule has 2 rings (SSSR count). The Balaban J connectivity index is 2.55. The first-order chi connectivity index (χ1) is 16.3. The minimum Gasteiger partial charge on any atom is -0.508 e. The van der Waals surface area contributed by atoms with Crippen LogP contribution in [0, 0.1) is 0 Å². The van der Waals surface area contributed by atoms with Crippen LogP contribution < -0.4 is 0 Å². The first-order valence-electron chi connectivity index (χ1n) is 13.5. The van der Waals surface area contributed by atoms with Crippen molar-refractivity contribution in [1.29, 1.82) is 0 Å². The SMILES string of the molecule is CCCC(C)c1ccc(CC)cc1/C=C/C(=O)c1ccc(O)c(C(C)CCC)c1C(C)CCC. The highest BCUT2D eigenvalue weighted by Crippen LogP contribution is 2.39. The van der Waals surface area contributed by atoms with Crippen LogP contribution in [0.4, 0.5) is 0 Å². The maximum atomic E-state index is 13.6. The molecular formula is C32H46O2. The van der Waals surface area contributed by atoms with Gasteiger partial charge in [-0.05, 0) is 83.9 Å². The first kappa shape index (κ1) is 27.9. The Morgan fingerprint density at radius 3 is 2.00 bits per heavy atom. The zero-order valence-corrected chi connectivity index (χ0v) is 22.6. The Hall–Kier alpha value is -2.35. The normalized spacial score (nSPS) is 14.3. The summed E-state index contributed by atoms with van der Waals surface area (Å²) in [5.41, 5.74) is 6.49. The van der Waals surface area contributed by atoms with Crippen molar-refractivity contribution >= 4 is 11.9 Å². The van der Waals surface area contributed by atoms with E-state index in [0.717, 1.165) is 67.2 Å². The van der Waals surface area contributed by atoms with E-state index in [1.807, 2.05) is 12.1 Å². The Labute approximate surface area is 208 Å². The summed E-state index contributed by atoms with van der Waals surface area (Å²) in [6.07, 6.45) is 11.1. The molecule has 2 aromatic rings. The van der Waals surface area contributed by atoms with E-state index >= 15 is 0 Å². The largest absolute Gasteiger partial charge is 0.508 e. The van der Waals surface area contributed by atoms with Crippen LogP contribution in [0.5, 0.6) is 5.75 Å². The minimum absolute atomic E-state index is 0.0268. The number of hydrogen-bond donors (Lipinski definition) is 1. The smallest absolute Gasteiger partial charge is 0.186 e. The Morgan fingerprint density at radius 1 is 0.824 bits per heavy atom. The maximum absolute atomic E-state index is 13.6. The lowest BCUT2D eigenvalue weighted by atomic mass is 9.80.